The minimum absolute atomic E-state index is 0.250. The van der Waals surface area contributed by atoms with E-state index >= 15 is 0 Å². The van der Waals surface area contributed by atoms with Crippen molar-refractivity contribution in [2.24, 2.45) is 5.92 Å². The van der Waals surface area contributed by atoms with Gasteiger partial charge < -0.3 is 10.2 Å². The van der Waals surface area contributed by atoms with E-state index in [0.29, 0.717) is 11.6 Å². The van der Waals surface area contributed by atoms with Gasteiger partial charge in [-0.1, -0.05) is 38.5 Å². The maximum Gasteiger partial charge on any atom is 0.276 e. The van der Waals surface area contributed by atoms with Gasteiger partial charge >= 0.3 is 0 Å². The van der Waals surface area contributed by atoms with E-state index in [2.05, 4.69) is 41.2 Å². The van der Waals surface area contributed by atoms with Crippen LogP contribution in [0.2, 0.25) is 0 Å². The van der Waals surface area contributed by atoms with Crippen LogP contribution in [0.25, 0.3) is 0 Å². The molecule has 1 aromatic heterocycles. The lowest BCUT2D eigenvalue weighted by molar-refractivity contribution is 0.102. The van der Waals surface area contributed by atoms with Gasteiger partial charge in [-0.3, -0.25) is 4.79 Å². The van der Waals surface area contributed by atoms with Gasteiger partial charge in [0.05, 0.1) is 0 Å². The van der Waals surface area contributed by atoms with E-state index in [1.807, 2.05) is 36.4 Å². The first kappa shape index (κ1) is 16.9. The second kappa shape index (κ2) is 8.27. The molecule has 2 aromatic rings. The van der Waals surface area contributed by atoms with Crippen molar-refractivity contribution in [3.8, 4) is 0 Å². The molecule has 2 rings (SSSR count). The Kier molecular flexibility index (Phi) is 6.09. The number of hydrogen-bond donors (Lipinski definition) is 1. The third kappa shape index (κ3) is 4.77. The summed E-state index contributed by atoms with van der Waals surface area (Å²) in [5, 5.41) is 11.1. The molecular weight excluding hydrogens is 288 g/mol. The van der Waals surface area contributed by atoms with Gasteiger partial charge in [-0.2, -0.15) is 0 Å². The average molecular weight is 312 g/mol. The van der Waals surface area contributed by atoms with Crippen molar-refractivity contribution in [2.45, 2.75) is 27.2 Å². The van der Waals surface area contributed by atoms with E-state index < -0.39 is 0 Å². The molecule has 0 aliphatic carbocycles. The van der Waals surface area contributed by atoms with Gasteiger partial charge in [0, 0.05) is 18.8 Å². The fraction of sp³-hybridized carbons (Fsp3) is 0.389. The molecule has 1 unspecified atom stereocenters. The van der Waals surface area contributed by atoms with Crippen molar-refractivity contribution in [3.05, 3.63) is 48.2 Å². The predicted octanol–water partition coefficient (Wildman–Crippen LogP) is 3.60. The Balaban J connectivity index is 2.04. The monoisotopic (exact) mass is 312 g/mol. The summed E-state index contributed by atoms with van der Waals surface area (Å²) in [4.78, 5) is 14.3. The fourth-order valence-electron chi connectivity index (χ4n) is 2.22. The third-order valence-corrected chi connectivity index (χ3v) is 3.85. The molecular formula is C18H24N4O. The number of carbonyl (C=O) groups excluding carboxylic acids is 1. The topological polar surface area (TPSA) is 58.1 Å². The lowest BCUT2D eigenvalue weighted by Gasteiger charge is -2.24. The minimum atomic E-state index is -0.250. The van der Waals surface area contributed by atoms with Gasteiger partial charge in [0.2, 0.25) is 0 Å². The third-order valence-electron chi connectivity index (χ3n) is 3.85. The highest BCUT2D eigenvalue weighted by molar-refractivity contribution is 6.02. The molecule has 0 saturated heterocycles. The van der Waals surface area contributed by atoms with Crippen molar-refractivity contribution in [3.63, 3.8) is 0 Å². The van der Waals surface area contributed by atoms with Gasteiger partial charge in [-0.25, -0.2) is 0 Å². The fourth-order valence-corrected chi connectivity index (χ4v) is 2.22. The summed E-state index contributed by atoms with van der Waals surface area (Å²) in [6, 6.07) is 12.9. The number of para-hydroxylation sites is 1. The summed E-state index contributed by atoms with van der Waals surface area (Å²) in [6.45, 7) is 8.31. The first-order valence-electron chi connectivity index (χ1n) is 8.09. The summed E-state index contributed by atoms with van der Waals surface area (Å²) in [5.41, 5.74) is 1.06. The van der Waals surface area contributed by atoms with Crippen LogP contribution in [0.4, 0.5) is 11.5 Å². The Hall–Kier alpha value is -2.43. The van der Waals surface area contributed by atoms with Gasteiger partial charge in [-0.05, 0) is 37.1 Å². The Labute approximate surface area is 137 Å². The van der Waals surface area contributed by atoms with Gasteiger partial charge in [0.25, 0.3) is 5.91 Å². The zero-order chi connectivity index (χ0) is 16.7. The van der Waals surface area contributed by atoms with Gasteiger partial charge in [-0.15, -0.1) is 10.2 Å². The van der Waals surface area contributed by atoms with Crippen LogP contribution in [0.1, 0.15) is 37.7 Å². The second-order valence-electron chi connectivity index (χ2n) is 5.65. The number of rotatable bonds is 7. The zero-order valence-electron chi connectivity index (χ0n) is 14.0. The van der Waals surface area contributed by atoms with E-state index in [9.17, 15) is 4.79 Å². The van der Waals surface area contributed by atoms with Gasteiger partial charge in [0.15, 0.2) is 11.5 Å². The van der Waals surface area contributed by atoms with Crippen LogP contribution < -0.4 is 10.2 Å². The molecule has 0 fully saturated rings. The Bertz CT molecular complexity index is 613. The molecule has 5 nitrogen and oxygen atoms in total. The molecule has 0 spiro atoms. The first-order valence-corrected chi connectivity index (χ1v) is 8.09. The summed E-state index contributed by atoms with van der Waals surface area (Å²) < 4.78 is 0. The molecule has 0 aliphatic heterocycles. The van der Waals surface area contributed by atoms with Crippen LogP contribution in [-0.4, -0.2) is 29.2 Å². The van der Waals surface area contributed by atoms with Crippen LogP contribution in [-0.2, 0) is 0 Å². The predicted molar refractivity (Wildman–Crippen MR) is 93.8 cm³/mol. The molecule has 0 saturated carbocycles. The number of anilines is 2. The number of nitrogens with one attached hydrogen (secondary N) is 1. The van der Waals surface area contributed by atoms with Crippen molar-refractivity contribution < 1.29 is 4.79 Å². The normalized spacial score (nSPS) is 11.8. The molecule has 122 valence electrons. The maximum atomic E-state index is 12.2. The highest BCUT2D eigenvalue weighted by Crippen LogP contribution is 2.14. The van der Waals surface area contributed by atoms with Crippen LogP contribution in [0.15, 0.2) is 42.5 Å². The van der Waals surface area contributed by atoms with E-state index in [1.165, 1.54) is 0 Å². The van der Waals surface area contributed by atoms with Crippen molar-refractivity contribution >= 4 is 17.4 Å². The van der Waals surface area contributed by atoms with Crippen molar-refractivity contribution in [2.75, 3.05) is 23.3 Å². The number of hydrogen-bond acceptors (Lipinski definition) is 4. The van der Waals surface area contributed by atoms with E-state index in [4.69, 9.17) is 0 Å². The molecule has 1 aromatic carbocycles. The Morgan fingerprint density at radius 1 is 1.13 bits per heavy atom. The van der Waals surface area contributed by atoms with E-state index in [-0.39, 0.29) is 5.91 Å². The summed E-state index contributed by atoms with van der Waals surface area (Å²) in [7, 11) is 0. The standard InChI is InChI=1S/C18H24N4O/c1-4-14(3)13-22(5-2)17-12-11-16(20-21-17)18(23)19-15-9-7-6-8-10-15/h6-12,14H,4-5,13H2,1-3H3,(H,19,23). The molecule has 1 heterocycles. The molecule has 5 heteroatoms. The average Bonchev–Trinajstić information content (AvgIpc) is 2.60. The van der Waals surface area contributed by atoms with Crippen LogP contribution in [0, 0.1) is 5.92 Å². The Morgan fingerprint density at radius 3 is 2.43 bits per heavy atom. The van der Waals surface area contributed by atoms with Crippen LogP contribution >= 0.6 is 0 Å². The lowest BCUT2D eigenvalue weighted by atomic mass is 10.1. The highest BCUT2D eigenvalue weighted by atomic mass is 16.1. The maximum absolute atomic E-state index is 12.2. The number of nitrogens with zero attached hydrogens (tertiary/aromatic N) is 3. The van der Waals surface area contributed by atoms with Gasteiger partial charge in [0.1, 0.15) is 0 Å². The molecule has 0 aliphatic rings. The number of amides is 1. The second-order valence-corrected chi connectivity index (χ2v) is 5.65. The zero-order valence-corrected chi connectivity index (χ0v) is 14.0. The quantitative estimate of drug-likeness (QED) is 0.848. The lowest BCUT2D eigenvalue weighted by Crippen LogP contribution is -2.29. The number of aromatic nitrogens is 2. The molecule has 1 atom stereocenters. The van der Waals surface area contributed by atoms with E-state index in [1.54, 1.807) is 6.07 Å². The summed E-state index contributed by atoms with van der Waals surface area (Å²) in [5.74, 6) is 1.15. The number of benzene rings is 1. The molecule has 1 amide bonds. The molecule has 0 radical (unpaired) electrons. The molecule has 23 heavy (non-hydrogen) atoms. The van der Waals surface area contributed by atoms with Crippen molar-refractivity contribution in [1.82, 2.24) is 10.2 Å². The first-order chi connectivity index (χ1) is 11.1. The Morgan fingerprint density at radius 2 is 1.87 bits per heavy atom. The number of carbonyl (C=O) groups is 1. The summed E-state index contributed by atoms with van der Waals surface area (Å²) in [6.07, 6.45) is 1.13. The highest BCUT2D eigenvalue weighted by Gasteiger charge is 2.13. The van der Waals surface area contributed by atoms with Crippen molar-refractivity contribution in [1.29, 1.82) is 0 Å². The smallest absolute Gasteiger partial charge is 0.276 e. The SMILES string of the molecule is CCC(C)CN(CC)c1ccc(C(=O)Nc2ccccc2)nn1. The molecule has 0 bridgehead atoms. The largest absolute Gasteiger partial charge is 0.355 e. The minimum Gasteiger partial charge on any atom is -0.355 e. The van der Waals surface area contributed by atoms with Crippen LogP contribution in [0.3, 0.4) is 0 Å². The summed E-state index contributed by atoms with van der Waals surface area (Å²) >= 11 is 0. The van der Waals surface area contributed by atoms with Crippen LogP contribution in [0.5, 0.6) is 0 Å². The molecule has 1 N–H and O–H groups in total. The van der Waals surface area contributed by atoms with E-state index in [0.717, 1.165) is 31.0 Å².